The Labute approximate surface area is 85.3 Å². The Kier molecular flexibility index (Phi) is 3.04. The van der Waals surface area contributed by atoms with Gasteiger partial charge in [-0.25, -0.2) is 0 Å². The lowest BCUT2D eigenvalue weighted by Crippen LogP contribution is -1.96. The van der Waals surface area contributed by atoms with Gasteiger partial charge in [0.15, 0.2) is 0 Å². The molecule has 1 fully saturated rings. The van der Waals surface area contributed by atoms with E-state index in [1.165, 1.54) is 12.0 Å². The molecular formula is C12H17NO. The predicted molar refractivity (Wildman–Crippen MR) is 57.6 cm³/mol. The van der Waals surface area contributed by atoms with E-state index in [9.17, 15) is 0 Å². The quantitative estimate of drug-likeness (QED) is 0.572. The van der Waals surface area contributed by atoms with Crippen molar-refractivity contribution in [3.05, 3.63) is 29.8 Å². The van der Waals surface area contributed by atoms with E-state index in [-0.39, 0.29) is 0 Å². The molecule has 1 N–H and O–H groups in total. The molecule has 0 aromatic heterocycles. The van der Waals surface area contributed by atoms with Crippen LogP contribution in [0.2, 0.25) is 0 Å². The minimum Gasteiger partial charge on any atom is -0.494 e. The summed E-state index contributed by atoms with van der Waals surface area (Å²) >= 11 is 0. The Morgan fingerprint density at radius 1 is 1.36 bits per heavy atom. The molecule has 1 aliphatic heterocycles. The molecule has 1 saturated heterocycles. The van der Waals surface area contributed by atoms with Crippen LogP contribution in [0.15, 0.2) is 24.3 Å². The fraction of sp³-hybridized carbons (Fsp3) is 0.500. The second-order valence-electron chi connectivity index (χ2n) is 3.73. The van der Waals surface area contributed by atoms with Crippen LogP contribution < -0.4 is 10.1 Å². The highest BCUT2D eigenvalue weighted by molar-refractivity contribution is 5.31. The van der Waals surface area contributed by atoms with Gasteiger partial charge in [-0.1, -0.05) is 25.5 Å². The first-order valence-electron chi connectivity index (χ1n) is 5.36. The number of benzene rings is 1. The topological polar surface area (TPSA) is 31.2 Å². The average molecular weight is 191 g/mol. The van der Waals surface area contributed by atoms with Gasteiger partial charge >= 0.3 is 0 Å². The molecule has 0 bridgehead atoms. The molecule has 1 aliphatic rings. The van der Waals surface area contributed by atoms with Crippen molar-refractivity contribution in [3.8, 4) is 5.75 Å². The van der Waals surface area contributed by atoms with E-state index in [4.69, 9.17) is 4.74 Å². The molecule has 14 heavy (non-hydrogen) atoms. The molecular weight excluding hydrogens is 174 g/mol. The van der Waals surface area contributed by atoms with E-state index in [0.717, 1.165) is 25.3 Å². The Morgan fingerprint density at radius 2 is 2.07 bits per heavy atom. The highest BCUT2D eigenvalue weighted by Gasteiger charge is 2.21. The molecule has 2 nitrogen and oxygen atoms in total. The lowest BCUT2D eigenvalue weighted by atomic mass is 10.1. The van der Waals surface area contributed by atoms with Crippen molar-refractivity contribution >= 4 is 0 Å². The minimum atomic E-state index is 0.597. The molecule has 0 amide bonds. The molecule has 1 aromatic rings. The van der Waals surface area contributed by atoms with Gasteiger partial charge in [0, 0.05) is 12.6 Å². The highest BCUT2D eigenvalue weighted by atomic mass is 16.5. The summed E-state index contributed by atoms with van der Waals surface area (Å²) in [5.74, 6) is 0.989. The zero-order valence-electron chi connectivity index (χ0n) is 8.62. The number of ether oxygens (including phenoxy) is 1. The Morgan fingerprint density at radius 3 is 2.64 bits per heavy atom. The first kappa shape index (κ1) is 9.53. The van der Waals surface area contributed by atoms with Gasteiger partial charge in [-0.15, -0.1) is 0 Å². The van der Waals surface area contributed by atoms with Gasteiger partial charge in [-0.2, -0.15) is 0 Å². The number of unbranched alkanes of at least 4 members (excludes halogenated alkanes) is 1. The maximum Gasteiger partial charge on any atom is 0.119 e. The highest BCUT2D eigenvalue weighted by Crippen LogP contribution is 2.23. The van der Waals surface area contributed by atoms with Gasteiger partial charge in [-0.3, -0.25) is 0 Å². The average Bonchev–Trinajstić information content (AvgIpc) is 3.03. The fourth-order valence-electron chi connectivity index (χ4n) is 1.43. The maximum absolute atomic E-state index is 5.58. The van der Waals surface area contributed by atoms with Crippen molar-refractivity contribution in [1.82, 2.24) is 5.32 Å². The first-order valence-corrected chi connectivity index (χ1v) is 5.36. The number of hydrogen-bond donors (Lipinski definition) is 1. The van der Waals surface area contributed by atoms with Crippen LogP contribution in [0.1, 0.15) is 31.4 Å². The van der Waals surface area contributed by atoms with Crippen LogP contribution >= 0.6 is 0 Å². The lowest BCUT2D eigenvalue weighted by Gasteiger charge is -2.05. The van der Waals surface area contributed by atoms with Crippen molar-refractivity contribution in [1.29, 1.82) is 0 Å². The predicted octanol–water partition coefficient (Wildman–Crippen LogP) is 2.51. The smallest absolute Gasteiger partial charge is 0.119 e. The molecule has 0 aliphatic carbocycles. The van der Waals surface area contributed by atoms with E-state index < -0.39 is 0 Å². The third kappa shape index (κ3) is 2.48. The summed E-state index contributed by atoms with van der Waals surface area (Å²) < 4.78 is 5.58. The molecule has 2 rings (SSSR count). The van der Waals surface area contributed by atoms with Crippen LogP contribution in [0.25, 0.3) is 0 Å². The zero-order chi connectivity index (χ0) is 9.80. The molecule has 1 atom stereocenters. The van der Waals surface area contributed by atoms with Gasteiger partial charge in [0.2, 0.25) is 0 Å². The van der Waals surface area contributed by atoms with Gasteiger partial charge in [0.05, 0.1) is 6.61 Å². The Balaban J connectivity index is 1.86. The van der Waals surface area contributed by atoms with E-state index in [1.54, 1.807) is 0 Å². The zero-order valence-corrected chi connectivity index (χ0v) is 8.62. The first-order chi connectivity index (χ1) is 6.90. The molecule has 2 heteroatoms. The van der Waals surface area contributed by atoms with Crippen molar-refractivity contribution in [2.45, 2.75) is 25.8 Å². The van der Waals surface area contributed by atoms with Crippen LogP contribution in [-0.4, -0.2) is 13.2 Å². The van der Waals surface area contributed by atoms with Crippen LogP contribution in [0.3, 0.4) is 0 Å². The summed E-state index contributed by atoms with van der Waals surface area (Å²) in [7, 11) is 0. The van der Waals surface area contributed by atoms with Gasteiger partial charge in [0.1, 0.15) is 5.75 Å². The van der Waals surface area contributed by atoms with Crippen LogP contribution in [0.4, 0.5) is 0 Å². The maximum atomic E-state index is 5.58. The Bertz CT molecular complexity index is 277. The fourth-order valence-corrected chi connectivity index (χ4v) is 1.43. The molecule has 0 spiro atoms. The van der Waals surface area contributed by atoms with Crippen molar-refractivity contribution in [2.75, 3.05) is 13.2 Å². The second kappa shape index (κ2) is 4.47. The molecule has 0 radical (unpaired) electrons. The molecule has 1 heterocycles. The molecule has 1 aromatic carbocycles. The van der Waals surface area contributed by atoms with Crippen molar-refractivity contribution in [3.63, 3.8) is 0 Å². The summed E-state index contributed by atoms with van der Waals surface area (Å²) in [6.45, 7) is 4.12. The van der Waals surface area contributed by atoms with Crippen molar-refractivity contribution in [2.24, 2.45) is 0 Å². The molecule has 0 saturated carbocycles. The SMILES string of the molecule is CCCCOc1ccc([C@H]2CN2)cc1. The summed E-state index contributed by atoms with van der Waals surface area (Å²) in [5.41, 5.74) is 1.37. The van der Waals surface area contributed by atoms with Gasteiger partial charge < -0.3 is 10.1 Å². The number of nitrogens with one attached hydrogen (secondary N) is 1. The molecule has 0 unspecified atom stereocenters. The normalized spacial score (nSPS) is 19.4. The summed E-state index contributed by atoms with van der Waals surface area (Å²) in [5, 5.41) is 3.28. The number of hydrogen-bond acceptors (Lipinski definition) is 2. The van der Waals surface area contributed by atoms with Crippen LogP contribution in [0, 0.1) is 0 Å². The second-order valence-corrected chi connectivity index (χ2v) is 3.73. The van der Waals surface area contributed by atoms with Crippen molar-refractivity contribution < 1.29 is 4.74 Å². The van der Waals surface area contributed by atoms with E-state index in [1.807, 2.05) is 0 Å². The largest absolute Gasteiger partial charge is 0.494 e. The van der Waals surface area contributed by atoms with E-state index in [0.29, 0.717) is 6.04 Å². The Hall–Kier alpha value is -1.02. The third-order valence-electron chi connectivity index (χ3n) is 2.46. The van der Waals surface area contributed by atoms with Gasteiger partial charge in [0.25, 0.3) is 0 Å². The summed E-state index contributed by atoms with van der Waals surface area (Å²) in [6.07, 6.45) is 2.32. The van der Waals surface area contributed by atoms with E-state index >= 15 is 0 Å². The van der Waals surface area contributed by atoms with E-state index in [2.05, 4.69) is 36.5 Å². The standard InChI is InChI=1S/C12H17NO/c1-2-3-8-14-11-6-4-10(5-7-11)12-9-13-12/h4-7,12-13H,2-3,8-9H2,1H3/t12-/m1/s1. The van der Waals surface area contributed by atoms with Crippen LogP contribution in [0.5, 0.6) is 5.75 Å². The summed E-state index contributed by atoms with van der Waals surface area (Å²) in [4.78, 5) is 0. The van der Waals surface area contributed by atoms with Crippen LogP contribution in [-0.2, 0) is 0 Å². The monoisotopic (exact) mass is 191 g/mol. The lowest BCUT2D eigenvalue weighted by molar-refractivity contribution is 0.309. The molecule has 76 valence electrons. The number of rotatable bonds is 5. The summed E-state index contributed by atoms with van der Waals surface area (Å²) in [6, 6.07) is 9.01. The third-order valence-corrected chi connectivity index (χ3v) is 2.46. The minimum absolute atomic E-state index is 0.597. The van der Waals surface area contributed by atoms with Gasteiger partial charge in [-0.05, 0) is 24.1 Å².